The highest BCUT2D eigenvalue weighted by molar-refractivity contribution is 5.85. The minimum Gasteiger partial charge on any atom is -0.370 e. The molecule has 0 spiro atoms. The Morgan fingerprint density at radius 2 is 1.77 bits per heavy atom. The summed E-state index contributed by atoms with van der Waals surface area (Å²) in [7, 11) is 0. The van der Waals surface area contributed by atoms with Gasteiger partial charge in [-0.1, -0.05) is 81.3 Å². The quantitative estimate of drug-likeness (QED) is 0.262. The van der Waals surface area contributed by atoms with E-state index in [2.05, 4.69) is 41.3 Å². The molecule has 0 aliphatic carbocycles. The summed E-state index contributed by atoms with van der Waals surface area (Å²) >= 11 is 0. The summed E-state index contributed by atoms with van der Waals surface area (Å²) in [5.74, 6) is 1.22. The fourth-order valence-electron chi connectivity index (χ4n) is 4.08. The van der Waals surface area contributed by atoms with Crippen LogP contribution in [0.2, 0.25) is 0 Å². The number of likely N-dealkylation sites (tertiary alicyclic amines) is 1. The highest BCUT2D eigenvalue weighted by Crippen LogP contribution is 2.31. The number of nitrogens with zero attached hydrogens (tertiary/aromatic N) is 3. The first kappa shape index (κ1) is 24.2. The molecule has 0 bridgehead atoms. The van der Waals surface area contributed by atoms with Crippen LogP contribution in [0.4, 0.5) is 0 Å². The summed E-state index contributed by atoms with van der Waals surface area (Å²) in [6.45, 7) is 3.03. The van der Waals surface area contributed by atoms with Crippen LogP contribution < -0.4 is 5.73 Å². The molecule has 1 fully saturated rings. The number of benzene rings is 1. The minimum atomic E-state index is -0.0741. The topological polar surface area (TPSA) is 92.0 Å². The van der Waals surface area contributed by atoms with Crippen LogP contribution in [-0.4, -0.2) is 27.5 Å². The highest BCUT2D eigenvalue weighted by atomic mass is 35.5. The van der Waals surface area contributed by atoms with Crippen molar-refractivity contribution in [3.8, 4) is 11.4 Å². The monoisotopic (exact) mass is 433 g/mol. The van der Waals surface area contributed by atoms with Gasteiger partial charge in [0.05, 0.1) is 0 Å². The van der Waals surface area contributed by atoms with Gasteiger partial charge in [-0.15, -0.1) is 12.4 Å². The van der Waals surface area contributed by atoms with Crippen LogP contribution in [0.1, 0.15) is 88.6 Å². The van der Waals surface area contributed by atoms with E-state index in [1.807, 2.05) is 4.90 Å². The number of aryl methyl sites for hydroxylation is 1. The maximum Gasteiger partial charge on any atom is 0.249 e. The highest BCUT2D eigenvalue weighted by Gasteiger charge is 2.31. The van der Waals surface area contributed by atoms with Crippen LogP contribution in [-0.2, 0) is 6.42 Å². The lowest BCUT2D eigenvalue weighted by Crippen LogP contribution is -2.35. The molecule has 1 aliphatic rings. The number of guanidine groups is 1. The van der Waals surface area contributed by atoms with Crippen LogP contribution in [0.3, 0.4) is 0 Å². The molecule has 0 radical (unpaired) electrons. The van der Waals surface area contributed by atoms with Gasteiger partial charge in [-0.05, 0) is 31.2 Å². The van der Waals surface area contributed by atoms with Gasteiger partial charge in [0.25, 0.3) is 0 Å². The molecule has 166 valence electrons. The third-order valence-electron chi connectivity index (χ3n) is 5.82. The van der Waals surface area contributed by atoms with Gasteiger partial charge in [0.15, 0.2) is 5.96 Å². The van der Waals surface area contributed by atoms with Crippen molar-refractivity contribution in [2.45, 2.75) is 83.6 Å². The van der Waals surface area contributed by atoms with Crippen molar-refractivity contribution in [2.24, 2.45) is 5.73 Å². The Morgan fingerprint density at radius 3 is 2.43 bits per heavy atom. The maximum absolute atomic E-state index is 7.70. The molecule has 6 nitrogen and oxygen atoms in total. The average molecular weight is 434 g/mol. The van der Waals surface area contributed by atoms with Gasteiger partial charge in [0.2, 0.25) is 11.7 Å². The fourth-order valence-corrected chi connectivity index (χ4v) is 4.08. The van der Waals surface area contributed by atoms with E-state index in [4.69, 9.17) is 15.7 Å². The van der Waals surface area contributed by atoms with Gasteiger partial charge < -0.3 is 15.2 Å². The molecule has 1 atom stereocenters. The van der Waals surface area contributed by atoms with Crippen molar-refractivity contribution < 1.29 is 4.52 Å². The van der Waals surface area contributed by atoms with Gasteiger partial charge in [-0.3, -0.25) is 5.41 Å². The number of nitrogens with one attached hydrogen (secondary N) is 1. The number of nitrogens with two attached hydrogens (primary N) is 1. The van der Waals surface area contributed by atoms with Gasteiger partial charge in [0, 0.05) is 12.1 Å². The summed E-state index contributed by atoms with van der Waals surface area (Å²) in [5.41, 5.74) is 7.99. The predicted molar refractivity (Wildman–Crippen MR) is 124 cm³/mol. The number of aromatic nitrogens is 2. The number of hydrogen-bond donors (Lipinski definition) is 2. The van der Waals surface area contributed by atoms with E-state index in [0.29, 0.717) is 11.7 Å². The SMILES string of the molecule is CCCCCCCCCCc1ccc(-c2noc([C@@H]3CCCN3C(=N)N)n2)cc1.Cl. The Morgan fingerprint density at radius 1 is 1.10 bits per heavy atom. The number of hydrogen-bond acceptors (Lipinski definition) is 4. The van der Waals surface area contributed by atoms with Gasteiger partial charge in [-0.2, -0.15) is 4.98 Å². The van der Waals surface area contributed by atoms with E-state index < -0.39 is 0 Å². The zero-order valence-corrected chi connectivity index (χ0v) is 18.9. The van der Waals surface area contributed by atoms with E-state index in [1.54, 1.807) is 0 Å². The third-order valence-corrected chi connectivity index (χ3v) is 5.82. The van der Waals surface area contributed by atoms with Crippen molar-refractivity contribution in [3.63, 3.8) is 0 Å². The Balaban J connectivity index is 0.00000320. The molecule has 1 aromatic carbocycles. The molecule has 1 saturated heterocycles. The van der Waals surface area contributed by atoms with Crippen molar-refractivity contribution in [1.29, 1.82) is 5.41 Å². The largest absolute Gasteiger partial charge is 0.370 e. The molecular weight excluding hydrogens is 398 g/mol. The zero-order chi connectivity index (χ0) is 20.5. The lowest BCUT2D eigenvalue weighted by molar-refractivity contribution is 0.283. The van der Waals surface area contributed by atoms with E-state index in [9.17, 15) is 0 Å². The Kier molecular flexibility index (Phi) is 10.1. The molecule has 1 aromatic heterocycles. The van der Waals surface area contributed by atoms with E-state index in [-0.39, 0.29) is 24.4 Å². The molecule has 7 heteroatoms. The average Bonchev–Trinajstić information content (AvgIpc) is 3.40. The fraction of sp³-hybridized carbons (Fsp3) is 0.609. The third kappa shape index (κ3) is 6.73. The number of unbranched alkanes of at least 4 members (excludes halogenated alkanes) is 7. The Labute approximate surface area is 186 Å². The Hall–Kier alpha value is -2.08. The first-order valence-corrected chi connectivity index (χ1v) is 11.2. The van der Waals surface area contributed by atoms with Crippen molar-refractivity contribution in [1.82, 2.24) is 15.0 Å². The molecule has 0 unspecified atom stereocenters. The summed E-state index contributed by atoms with van der Waals surface area (Å²) < 4.78 is 5.49. The van der Waals surface area contributed by atoms with Crippen molar-refractivity contribution >= 4 is 18.4 Å². The first-order valence-electron chi connectivity index (χ1n) is 11.2. The van der Waals surface area contributed by atoms with Gasteiger partial charge >= 0.3 is 0 Å². The van der Waals surface area contributed by atoms with E-state index in [1.165, 1.54) is 56.9 Å². The summed E-state index contributed by atoms with van der Waals surface area (Å²) in [5, 5.41) is 11.8. The molecule has 0 saturated carbocycles. The van der Waals surface area contributed by atoms with Crippen LogP contribution in [0.25, 0.3) is 11.4 Å². The Bertz CT molecular complexity index is 761. The molecule has 3 N–H and O–H groups in total. The molecule has 1 aliphatic heterocycles. The molecular formula is C23H36ClN5O. The maximum atomic E-state index is 7.70. The van der Waals surface area contributed by atoms with Gasteiger partial charge in [-0.25, -0.2) is 0 Å². The molecule has 30 heavy (non-hydrogen) atoms. The minimum absolute atomic E-state index is 0. The smallest absolute Gasteiger partial charge is 0.249 e. The zero-order valence-electron chi connectivity index (χ0n) is 18.1. The van der Waals surface area contributed by atoms with Gasteiger partial charge in [0.1, 0.15) is 6.04 Å². The second kappa shape index (κ2) is 12.6. The molecule has 3 rings (SSSR count). The van der Waals surface area contributed by atoms with Crippen LogP contribution in [0.15, 0.2) is 28.8 Å². The van der Waals surface area contributed by atoms with E-state index >= 15 is 0 Å². The van der Waals surface area contributed by atoms with Crippen LogP contribution in [0, 0.1) is 5.41 Å². The van der Waals surface area contributed by atoms with E-state index in [0.717, 1.165) is 31.4 Å². The summed E-state index contributed by atoms with van der Waals surface area (Å²) in [6, 6.07) is 8.42. The summed E-state index contributed by atoms with van der Waals surface area (Å²) in [6.07, 6.45) is 13.8. The normalized spacial score (nSPS) is 15.9. The first-order chi connectivity index (χ1) is 14.2. The van der Waals surface area contributed by atoms with Crippen molar-refractivity contribution in [2.75, 3.05) is 6.54 Å². The molecule has 2 heterocycles. The standard InChI is InChI=1S/C23H35N5O.ClH/c1-2-3-4-5-6-7-8-9-11-18-13-15-19(16-14-18)21-26-22(29-27-21)20-12-10-17-28(20)23(24)25;/h13-16,20H,2-12,17H2,1H3,(H3,24,25);1H/t20-;/m0./s1. The predicted octanol–water partition coefficient (Wildman–Crippen LogP) is 5.87. The lowest BCUT2D eigenvalue weighted by Gasteiger charge is -2.21. The molecule has 0 amide bonds. The second-order valence-corrected chi connectivity index (χ2v) is 8.11. The number of rotatable bonds is 11. The van der Waals surface area contributed by atoms with Crippen LogP contribution in [0.5, 0.6) is 0 Å². The summed E-state index contributed by atoms with van der Waals surface area (Å²) in [4.78, 5) is 6.39. The van der Waals surface area contributed by atoms with Crippen molar-refractivity contribution in [3.05, 3.63) is 35.7 Å². The number of halogens is 1. The van der Waals surface area contributed by atoms with Crippen LogP contribution >= 0.6 is 12.4 Å². The lowest BCUT2D eigenvalue weighted by atomic mass is 10.0. The molecule has 2 aromatic rings. The second-order valence-electron chi connectivity index (χ2n) is 8.11.